The molecule has 2 aromatic rings. The van der Waals surface area contributed by atoms with Crippen LogP contribution in [0.4, 0.5) is 0 Å². The molecule has 1 amide bonds. The first-order chi connectivity index (χ1) is 15.0. The van der Waals surface area contributed by atoms with Crippen LogP contribution in [-0.4, -0.2) is 64.9 Å². The fraction of sp³-hybridized carbons (Fsp3) is 0.440. The van der Waals surface area contributed by atoms with Crippen LogP contribution in [-0.2, 0) is 9.59 Å². The Kier molecular flexibility index (Phi) is 6.79. The molecule has 0 bridgehead atoms. The summed E-state index contributed by atoms with van der Waals surface area (Å²) in [6.45, 7) is 10.5. The highest BCUT2D eigenvalue weighted by molar-refractivity contribution is 6.46. The largest absolute Gasteiger partial charge is 0.507 e. The molecule has 1 aromatic carbocycles. The van der Waals surface area contributed by atoms with Crippen molar-refractivity contribution in [3.05, 3.63) is 57.9 Å². The molecular formula is C25H33N3O4. The molecular weight excluding hydrogens is 406 g/mol. The number of aryl methyl sites for hydroxylation is 2. The molecule has 2 N–H and O–H groups in total. The van der Waals surface area contributed by atoms with E-state index >= 15 is 0 Å². The van der Waals surface area contributed by atoms with Crippen LogP contribution in [0.2, 0.25) is 0 Å². The quantitative estimate of drug-likeness (QED) is 0.390. The van der Waals surface area contributed by atoms with E-state index in [4.69, 9.17) is 4.74 Å². The van der Waals surface area contributed by atoms with Crippen molar-refractivity contribution in [2.75, 3.05) is 27.2 Å². The molecule has 1 fully saturated rings. The third kappa shape index (κ3) is 4.43. The number of nitrogens with one attached hydrogen (secondary N) is 1. The minimum atomic E-state index is -0.695. The van der Waals surface area contributed by atoms with E-state index in [1.165, 1.54) is 0 Å². The van der Waals surface area contributed by atoms with Gasteiger partial charge in [-0.2, -0.15) is 0 Å². The highest BCUT2D eigenvalue weighted by Crippen LogP contribution is 2.41. The summed E-state index contributed by atoms with van der Waals surface area (Å²) in [7, 11) is 3.83. The van der Waals surface area contributed by atoms with E-state index in [9.17, 15) is 14.7 Å². The first-order valence-corrected chi connectivity index (χ1v) is 10.9. The van der Waals surface area contributed by atoms with Crippen molar-refractivity contribution in [2.24, 2.45) is 0 Å². The maximum Gasteiger partial charge on any atom is 0.295 e. The molecule has 1 saturated heterocycles. The van der Waals surface area contributed by atoms with E-state index < -0.39 is 17.7 Å². The molecule has 1 atom stereocenters. The Bertz CT molecular complexity index is 1070. The van der Waals surface area contributed by atoms with Crippen LogP contribution in [0.15, 0.2) is 29.8 Å². The summed E-state index contributed by atoms with van der Waals surface area (Å²) in [6.07, 6.45) is -0.0153. The van der Waals surface area contributed by atoms with Crippen molar-refractivity contribution < 1.29 is 19.4 Å². The van der Waals surface area contributed by atoms with Gasteiger partial charge in [-0.1, -0.05) is 12.1 Å². The molecule has 7 heteroatoms. The third-order valence-corrected chi connectivity index (χ3v) is 5.80. The first kappa shape index (κ1) is 23.6. The average Bonchev–Trinajstić information content (AvgIpc) is 3.11. The Morgan fingerprint density at radius 3 is 2.44 bits per heavy atom. The molecule has 172 valence electrons. The molecule has 1 aliphatic heterocycles. The highest BCUT2D eigenvalue weighted by Gasteiger charge is 2.46. The van der Waals surface area contributed by atoms with Gasteiger partial charge in [0.05, 0.1) is 17.7 Å². The van der Waals surface area contributed by atoms with Gasteiger partial charge >= 0.3 is 0 Å². The number of amides is 1. The van der Waals surface area contributed by atoms with E-state index in [0.717, 1.165) is 22.5 Å². The van der Waals surface area contributed by atoms with Gasteiger partial charge in [0, 0.05) is 30.0 Å². The van der Waals surface area contributed by atoms with Crippen LogP contribution in [0, 0.1) is 20.8 Å². The number of rotatable bonds is 7. The second-order valence-electron chi connectivity index (χ2n) is 8.91. The molecule has 32 heavy (non-hydrogen) atoms. The van der Waals surface area contributed by atoms with Gasteiger partial charge in [0.1, 0.15) is 11.5 Å². The molecule has 0 saturated carbocycles. The Balaban J connectivity index is 2.20. The number of aromatic amines is 1. The molecule has 0 aliphatic carbocycles. The number of aliphatic hydroxyl groups is 1. The Labute approximate surface area is 189 Å². The standard InChI is InChI=1S/C25H33N3O4/c1-14(2)32-19-10-8-9-18(13-19)22-21(23(29)20-15(3)16(4)26-17(20)5)24(30)25(31)28(22)12-11-27(6)7/h8-10,13-14,22,26,29H,11-12H2,1-7H3/b23-21+. The molecule has 7 nitrogen and oxygen atoms in total. The number of hydrogen-bond donors (Lipinski definition) is 2. The topological polar surface area (TPSA) is 85.9 Å². The number of carbonyl (C=O) groups excluding carboxylic acids is 2. The minimum Gasteiger partial charge on any atom is -0.507 e. The number of ketones is 1. The van der Waals surface area contributed by atoms with Gasteiger partial charge in [0.15, 0.2) is 0 Å². The van der Waals surface area contributed by atoms with Crippen LogP contribution in [0.5, 0.6) is 5.75 Å². The lowest BCUT2D eigenvalue weighted by atomic mass is 9.94. The van der Waals surface area contributed by atoms with E-state index in [1.807, 2.05) is 77.9 Å². The number of Topliss-reactive ketones (excluding diaryl/α,β-unsaturated/α-hetero) is 1. The molecule has 2 heterocycles. The molecule has 1 aliphatic rings. The summed E-state index contributed by atoms with van der Waals surface area (Å²) in [6, 6.07) is 6.70. The van der Waals surface area contributed by atoms with Gasteiger partial charge in [0.25, 0.3) is 11.7 Å². The Hall–Kier alpha value is -3.06. The van der Waals surface area contributed by atoms with Gasteiger partial charge in [-0.05, 0) is 72.0 Å². The summed E-state index contributed by atoms with van der Waals surface area (Å²) in [4.78, 5) is 33.0. The van der Waals surface area contributed by atoms with Gasteiger partial charge < -0.3 is 24.6 Å². The second-order valence-corrected chi connectivity index (χ2v) is 8.91. The summed E-state index contributed by atoms with van der Waals surface area (Å²) in [5.41, 5.74) is 3.94. The lowest BCUT2D eigenvalue weighted by molar-refractivity contribution is -0.140. The fourth-order valence-electron chi connectivity index (χ4n) is 4.19. The smallest absolute Gasteiger partial charge is 0.295 e. The fourth-order valence-corrected chi connectivity index (χ4v) is 4.19. The van der Waals surface area contributed by atoms with Crippen LogP contribution < -0.4 is 4.74 Å². The molecule has 3 rings (SSSR count). The van der Waals surface area contributed by atoms with E-state index in [-0.39, 0.29) is 17.4 Å². The second kappa shape index (κ2) is 9.20. The number of likely N-dealkylation sites (tertiary alicyclic amines) is 1. The summed E-state index contributed by atoms with van der Waals surface area (Å²) >= 11 is 0. The average molecular weight is 440 g/mol. The zero-order valence-electron chi connectivity index (χ0n) is 19.9. The normalized spacial score (nSPS) is 18.3. The number of ether oxygens (including phenoxy) is 1. The first-order valence-electron chi connectivity index (χ1n) is 10.9. The van der Waals surface area contributed by atoms with Crippen molar-refractivity contribution in [3.8, 4) is 5.75 Å². The van der Waals surface area contributed by atoms with Crippen LogP contribution in [0.3, 0.4) is 0 Å². The number of hydrogen-bond acceptors (Lipinski definition) is 5. The van der Waals surface area contributed by atoms with E-state index in [2.05, 4.69) is 4.98 Å². The van der Waals surface area contributed by atoms with Crippen LogP contribution >= 0.6 is 0 Å². The number of aromatic nitrogens is 1. The number of nitrogens with zero attached hydrogens (tertiary/aromatic N) is 2. The van der Waals surface area contributed by atoms with Crippen molar-refractivity contribution in [1.82, 2.24) is 14.8 Å². The Morgan fingerprint density at radius 2 is 1.88 bits per heavy atom. The number of carbonyl (C=O) groups is 2. The summed E-state index contributed by atoms with van der Waals surface area (Å²) in [5, 5.41) is 11.3. The van der Waals surface area contributed by atoms with Crippen LogP contribution in [0.1, 0.15) is 48.0 Å². The van der Waals surface area contributed by atoms with Gasteiger partial charge in [-0.3, -0.25) is 9.59 Å². The van der Waals surface area contributed by atoms with E-state index in [1.54, 1.807) is 4.90 Å². The maximum absolute atomic E-state index is 13.2. The van der Waals surface area contributed by atoms with Crippen LogP contribution in [0.25, 0.3) is 5.76 Å². The molecule has 1 aromatic heterocycles. The predicted molar refractivity (Wildman–Crippen MR) is 125 cm³/mol. The minimum absolute atomic E-state index is 0.0153. The number of likely N-dealkylation sites (N-methyl/N-ethyl adjacent to an activating group) is 1. The maximum atomic E-state index is 13.2. The van der Waals surface area contributed by atoms with Gasteiger partial charge in [-0.15, -0.1) is 0 Å². The number of benzene rings is 1. The zero-order chi connectivity index (χ0) is 23.7. The van der Waals surface area contributed by atoms with E-state index in [0.29, 0.717) is 24.4 Å². The van der Waals surface area contributed by atoms with Crippen molar-refractivity contribution >= 4 is 17.4 Å². The highest BCUT2D eigenvalue weighted by atomic mass is 16.5. The molecule has 0 radical (unpaired) electrons. The lowest BCUT2D eigenvalue weighted by Crippen LogP contribution is -2.35. The van der Waals surface area contributed by atoms with Crippen molar-refractivity contribution in [3.63, 3.8) is 0 Å². The SMILES string of the molecule is Cc1[nH]c(C)c(/C(O)=C2\C(=O)C(=O)N(CCN(C)C)C2c2cccc(OC(C)C)c2)c1C. The monoisotopic (exact) mass is 439 g/mol. The zero-order valence-corrected chi connectivity index (χ0v) is 19.9. The van der Waals surface area contributed by atoms with Crippen molar-refractivity contribution in [2.45, 2.75) is 46.8 Å². The van der Waals surface area contributed by atoms with Gasteiger partial charge in [0.2, 0.25) is 0 Å². The molecule has 0 spiro atoms. The van der Waals surface area contributed by atoms with Gasteiger partial charge in [-0.25, -0.2) is 0 Å². The van der Waals surface area contributed by atoms with Crippen molar-refractivity contribution in [1.29, 1.82) is 0 Å². The molecule has 1 unspecified atom stereocenters. The lowest BCUT2D eigenvalue weighted by Gasteiger charge is -2.27. The third-order valence-electron chi connectivity index (χ3n) is 5.80. The number of H-pyrrole nitrogens is 1. The Morgan fingerprint density at radius 1 is 1.19 bits per heavy atom. The predicted octanol–water partition coefficient (Wildman–Crippen LogP) is 3.71. The number of aliphatic hydroxyl groups excluding tert-OH is 1. The summed E-state index contributed by atoms with van der Waals surface area (Å²) < 4.78 is 5.84. The summed E-state index contributed by atoms with van der Waals surface area (Å²) in [5.74, 6) is -0.758.